The lowest BCUT2D eigenvalue weighted by molar-refractivity contribution is -0.158. The minimum Gasteiger partial charge on any atom is -0.464 e. The van der Waals surface area contributed by atoms with Gasteiger partial charge in [0.1, 0.15) is 19.5 Å². The molecule has 0 rings (SSSR count). The number of hydrogen-bond acceptors (Lipinski definition) is 5. The predicted octanol–water partition coefficient (Wildman–Crippen LogP) is 2.51. The fourth-order valence-corrected chi connectivity index (χ4v) is 1.97. The van der Waals surface area contributed by atoms with Crippen molar-refractivity contribution in [3.8, 4) is 0 Å². The van der Waals surface area contributed by atoms with E-state index in [1.165, 1.54) is 0 Å². The molecule has 6 heteroatoms. The van der Waals surface area contributed by atoms with Gasteiger partial charge in [-0.2, -0.15) is 0 Å². The van der Waals surface area contributed by atoms with Crippen LogP contribution in [0.15, 0.2) is 0 Å². The summed E-state index contributed by atoms with van der Waals surface area (Å²) in [4.78, 5) is 26.3. The second-order valence-electron chi connectivity index (χ2n) is 7.83. The zero-order valence-corrected chi connectivity index (χ0v) is 16.2. The Morgan fingerprint density at radius 2 is 1.74 bits per heavy atom. The third-order valence-corrected chi connectivity index (χ3v) is 3.98. The maximum atomic E-state index is 12.3. The van der Waals surface area contributed by atoms with Gasteiger partial charge in [-0.1, -0.05) is 27.1 Å². The van der Waals surface area contributed by atoms with Gasteiger partial charge in [-0.25, -0.2) is 0 Å². The minimum atomic E-state index is -0.553. The first kappa shape index (κ1) is 22.0. The Morgan fingerprint density at radius 1 is 1.17 bits per heavy atom. The van der Waals surface area contributed by atoms with Crippen molar-refractivity contribution in [3.63, 3.8) is 0 Å². The maximum Gasteiger partial charge on any atom is 0.308 e. The third-order valence-electron chi connectivity index (χ3n) is 3.98. The van der Waals surface area contributed by atoms with Crippen LogP contribution in [0, 0.1) is 5.92 Å². The Kier molecular flexibility index (Phi) is 8.89. The van der Waals surface area contributed by atoms with Crippen molar-refractivity contribution in [2.45, 2.75) is 65.2 Å². The molecule has 5 nitrogen and oxygen atoms in total. The maximum absolute atomic E-state index is 12.3. The highest BCUT2D eigenvalue weighted by Crippen LogP contribution is 2.32. The van der Waals surface area contributed by atoms with E-state index in [9.17, 15) is 9.59 Å². The molecule has 0 saturated heterocycles. The largest absolute Gasteiger partial charge is 0.464 e. The molecule has 0 aliphatic carbocycles. The minimum absolute atomic E-state index is 0.182. The Balaban J connectivity index is 4.50. The molecule has 0 bridgehead atoms. The molecule has 0 aromatic rings. The summed E-state index contributed by atoms with van der Waals surface area (Å²) < 4.78 is 10.8. The fourth-order valence-electron chi connectivity index (χ4n) is 1.97. The summed E-state index contributed by atoms with van der Waals surface area (Å²) in [6, 6.07) is 0. The molecule has 23 heavy (non-hydrogen) atoms. The van der Waals surface area contributed by atoms with E-state index >= 15 is 0 Å². The summed E-state index contributed by atoms with van der Waals surface area (Å²) in [7, 11) is 4.50. The van der Waals surface area contributed by atoms with Crippen LogP contribution in [-0.2, 0) is 19.1 Å². The molecule has 0 amide bonds. The van der Waals surface area contributed by atoms with Crippen molar-refractivity contribution in [1.82, 2.24) is 4.90 Å². The first-order valence-corrected chi connectivity index (χ1v) is 8.46. The van der Waals surface area contributed by atoms with E-state index in [2.05, 4.69) is 0 Å². The third kappa shape index (κ3) is 8.99. The zero-order chi connectivity index (χ0) is 18.3. The number of likely N-dealkylation sites (N-methyl/N-ethyl adjacent to an activating group) is 1. The number of esters is 2. The standard InChI is InChI=1S/C17H34BNO4/c1-9-17(6,15(21)22-11-10-19(7)8)18-12-13(2)14(20)23-16(3,4)5/h13,18H,9-12H2,1-8H3. The van der Waals surface area contributed by atoms with Crippen molar-refractivity contribution in [3.05, 3.63) is 0 Å². The molecule has 0 N–H and O–H groups in total. The summed E-state index contributed by atoms with van der Waals surface area (Å²) in [5, 5.41) is -0.553. The molecule has 2 atom stereocenters. The van der Waals surface area contributed by atoms with Crippen LogP contribution in [0.25, 0.3) is 0 Å². The van der Waals surface area contributed by atoms with E-state index in [-0.39, 0.29) is 17.9 Å². The van der Waals surface area contributed by atoms with Gasteiger partial charge in [0.05, 0.1) is 0 Å². The van der Waals surface area contributed by atoms with Gasteiger partial charge in [0, 0.05) is 17.8 Å². The van der Waals surface area contributed by atoms with E-state index in [1.807, 2.05) is 60.5 Å². The summed E-state index contributed by atoms with van der Waals surface area (Å²) in [6.45, 7) is 12.4. The Labute approximate surface area is 142 Å². The fraction of sp³-hybridized carbons (Fsp3) is 0.882. The van der Waals surface area contributed by atoms with Gasteiger partial charge in [-0.3, -0.25) is 9.59 Å². The smallest absolute Gasteiger partial charge is 0.308 e. The van der Waals surface area contributed by atoms with Gasteiger partial charge in [0.15, 0.2) is 0 Å². The number of nitrogens with zero attached hydrogens (tertiary/aromatic N) is 1. The van der Waals surface area contributed by atoms with Crippen LogP contribution < -0.4 is 0 Å². The number of carbonyl (C=O) groups excluding carboxylic acids is 2. The van der Waals surface area contributed by atoms with Crippen LogP contribution in [-0.4, -0.2) is 57.0 Å². The van der Waals surface area contributed by atoms with E-state index in [0.29, 0.717) is 33.2 Å². The van der Waals surface area contributed by atoms with Crippen LogP contribution in [0.2, 0.25) is 11.6 Å². The first-order chi connectivity index (χ1) is 10.4. The molecule has 0 heterocycles. The van der Waals surface area contributed by atoms with Crippen LogP contribution in [0.5, 0.6) is 0 Å². The van der Waals surface area contributed by atoms with Crippen molar-refractivity contribution in [1.29, 1.82) is 0 Å². The molecule has 0 aromatic carbocycles. The molecule has 0 fully saturated rings. The SMILES string of the molecule is CCC(C)(BCC(C)C(=O)OC(C)(C)C)C(=O)OCCN(C)C. The Hall–Kier alpha value is -1.04. The lowest BCUT2D eigenvalue weighted by Crippen LogP contribution is -2.33. The van der Waals surface area contributed by atoms with Gasteiger partial charge in [0.25, 0.3) is 0 Å². The number of ether oxygens (including phenoxy) is 2. The quantitative estimate of drug-likeness (QED) is 0.481. The average Bonchev–Trinajstić information content (AvgIpc) is 2.41. The molecule has 0 spiro atoms. The Morgan fingerprint density at radius 3 is 2.17 bits per heavy atom. The monoisotopic (exact) mass is 327 g/mol. The van der Waals surface area contributed by atoms with E-state index in [4.69, 9.17) is 9.47 Å². The molecule has 0 aliphatic heterocycles. The van der Waals surface area contributed by atoms with Gasteiger partial charge in [0.2, 0.25) is 0 Å². The summed E-state index contributed by atoms with van der Waals surface area (Å²) in [6.07, 6.45) is 1.30. The number of carbonyl (C=O) groups is 2. The highest BCUT2D eigenvalue weighted by Gasteiger charge is 2.35. The second-order valence-corrected chi connectivity index (χ2v) is 7.83. The first-order valence-electron chi connectivity index (χ1n) is 8.46. The number of hydrogen-bond donors (Lipinski definition) is 0. The Bertz CT molecular complexity index is 393. The van der Waals surface area contributed by atoms with Crippen LogP contribution in [0.1, 0.15) is 48.0 Å². The molecule has 134 valence electrons. The lowest BCUT2D eigenvalue weighted by Gasteiger charge is -2.27. The summed E-state index contributed by atoms with van der Waals surface area (Å²) in [5.41, 5.74) is -0.482. The normalized spacial score (nSPS) is 15.7. The van der Waals surface area contributed by atoms with Crippen LogP contribution in [0.4, 0.5) is 0 Å². The van der Waals surface area contributed by atoms with E-state index in [1.54, 1.807) is 0 Å². The molecular formula is C17H34BNO4. The molecule has 0 radical (unpaired) electrons. The molecule has 0 aromatic heterocycles. The number of rotatable bonds is 9. The second kappa shape index (κ2) is 9.31. The molecule has 0 aliphatic rings. The molecule has 0 saturated carbocycles. The van der Waals surface area contributed by atoms with Crippen molar-refractivity contribution >= 4 is 19.2 Å². The average molecular weight is 327 g/mol. The molecule has 2 unspecified atom stereocenters. The van der Waals surface area contributed by atoms with Crippen LogP contribution in [0.3, 0.4) is 0 Å². The lowest BCUT2D eigenvalue weighted by atomic mass is 9.48. The van der Waals surface area contributed by atoms with Gasteiger partial charge in [-0.05, 0) is 41.3 Å². The predicted molar refractivity (Wildman–Crippen MR) is 95.1 cm³/mol. The highest BCUT2D eigenvalue weighted by molar-refractivity contribution is 6.46. The zero-order valence-electron chi connectivity index (χ0n) is 16.2. The summed E-state index contributed by atoms with van der Waals surface area (Å²) >= 11 is 0. The van der Waals surface area contributed by atoms with E-state index < -0.39 is 10.9 Å². The van der Waals surface area contributed by atoms with Crippen molar-refractivity contribution in [2.24, 2.45) is 5.92 Å². The van der Waals surface area contributed by atoms with Crippen molar-refractivity contribution in [2.75, 3.05) is 27.2 Å². The van der Waals surface area contributed by atoms with Gasteiger partial charge < -0.3 is 14.4 Å². The topological polar surface area (TPSA) is 55.8 Å². The molecular weight excluding hydrogens is 293 g/mol. The van der Waals surface area contributed by atoms with Gasteiger partial charge >= 0.3 is 11.9 Å². The van der Waals surface area contributed by atoms with Gasteiger partial charge in [-0.15, -0.1) is 0 Å². The van der Waals surface area contributed by atoms with Crippen LogP contribution >= 0.6 is 0 Å². The highest BCUT2D eigenvalue weighted by atomic mass is 16.6. The summed E-state index contributed by atoms with van der Waals surface area (Å²) in [5.74, 6) is -0.621. The van der Waals surface area contributed by atoms with Crippen molar-refractivity contribution < 1.29 is 19.1 Å². The van der Waals surface area contributed by atoms with E-state index in [0.717, 1.165) is 0 Å².